The van der Waals surface area contributed by atoms with Gasteiger partial charge in [0.2, 0.25) is 0 Å². The molecule has 0 saturated carbocycles. The van der Waals surface area contributed by atoms with Gasteiger partial charge in [-0.3, -0.25) is 10.1 Å². The van der Waals surface area contributed by atoms with Gasteiger partial charge < -0.3 is 9.84 Å². The van der Waals surface area contributed by atoms with Crippen LogP contribution in [-0.2, 0) is 13.4 Å². The fourth-order valence-corrected chi connectivity index (χ4v) is 1.20. The number of nitrogens with zero attached hydrogens (tertiary/aromatic N) is 3. The predicted molar refractivity (Wildman–Crippen MR) is 52.5 cm³/mol. The molecule has 1 N–H and O–H groups in total. The third-order valence-electron chi connectivity index (χ3n) is 1.74. The molecule has 0 aromatic carbocycles. The Morgan fingerprint density at radius 1 is 1.81 bits per heavy atom. The van der Waals surface area contributed by atoms with E-state index in [-0.39, 0.29) is 16.8 Å². The molecule has 1 rings (SSSR count). The number of ether oxygens (including phenoxy) is 1. The van der Waals surface area contributed by atoms with Crippen molar-refractivity contribution in [1.29, 1.82) is 0 Å². The fraction of sp³-hybridized carbons (Fsp3) is 0.500. The maximum atomic E-state index is 10.9. The molecule has 1 heterocycles. The van der Waals surface area contributed by atoms with Crippen molar-refractivity contribution in [2.45, 2.75) is 19.8 Å². The van der Waals surface area contributed by atoms with Crippen LogP contribution in [0.15, 0.2) is 0 Å². The average molecular weight is 232 g/mol. The number of nitro groups is 1. The Bertz CT molecular complexity index is 510. The van der Waals surface area contributed by atoms with E-state index in [1.54, 1.807) is 6.92 Å². The molecule has 0 saturated heterocycles. The van der Waals surface area contributed by atoms with E-state index in [0.29, 0.717) is 6.42 Å². The van der Waals surface area contributed by atoms with Gasteiger partial charge in [0.25, 0.3) is 0 Å². The number of carboxylic acid groups (broad SMARTS) is 1. The lowest BCUT2D eigenvalue weighted by molar-refractivity contribution is -0.386. The highest BCUT2D eigenvalue weighted by molar-refractivity contribution is 5.63. The Morgan fingerprint density at radius 2 is 2.50 bits per heavy atom. The van der Waals surface area contributed by atoms with Crippen LogP contribution in [0.5, 0.6) is 5.88 Å². The van der Waals surface area contributed by atoms with E-state index in [0.717, 1.165) is 0 Å². The number of hydrogen-bond acceptors (Lipinski definition) is 5. The summed E-state index contributed by atoms with van der Waals surface area (Å²) in [5.74, 6) is -0.902. The minimum Gasteiger partial charge on any atom is -0.449 e. The van der Waals surface area contributed by atoms with Gasteiger partial charge in [-0.25, -0.2) is 9.48 Å². The molecule has 0 unspecified atom stereocenters. The van der Waals surface area contributed by atoms with Crippen molar-refractivity contribution in [1.82, 2.24) is 9.78 Å². The molecule has 0 aliphatic rings. The summed E-state index contributed by atoms with van der Waals surface area (Å²) in [6.07, 6.45) is -1.24. The van der Waals surface area contributed by atoms with Crippen LogP contribution in [0.3, 0.4) is 0 Å². The molecule has 0 atom stereocenters. The van der Waals surface area contributed by atoms with E-state index < -0.39 is 29.6 Å². The number of rotatable bonds is 4. The topological polar surface area (TPSA) is 107 Å². The zero-order chi connectivity index (χ0) is 14.8. The van der Waals surface area contributed by atoms with Gasteiger partial charge in [0.15, 0.2) is 0 Å². The van der Waals surface area contributed by atoms with E-state index in [1.807, 2.05) is 0 Å². The molecule has 0 radical (unpaired) electrons. The molecule has 8 heteroatoms. The van der Waals surface area contributed by atoms with E-state index in [4.69, 9.17) is 9.22 Å². The van der Waals surface area contributed by atoms with Crippen LogP contribution in [0.25, 0.3) is 0 Å². The van der Waals surface area contributed by atoms with Crippen molar-refractivity contribution in [2.24, 2.45) is 6.98 Å². The van der Waals surface area contributed by atoms with Crippen LogP contribution >= 0.6 is 0 Å². The second kappa shape index (κ2) is 4.60. The third kappa shape index (κ3) is 2.27. The first-order valence-electron chi connectivity index (χ1n) is 5.86. The zero-order valence-electron chi connectivity index (χ0n) is 11.3. The Labute approximate surface area is 94.8 Å². The van der Waals surface area contributed by atoms with Gasteiger partial charge in [-0.05, 0) is 6.42 Å². The number of aromatic nitrogens is 2. The average Bonchev–Trinajstić information content (AvgIpc) is 2.55. The summed E-state index contributed by atoms with van der Waals surface area (Å²) in [6, 6.07) is 0. The van der Waals surface area contributed by atoms with Crippen molar-refractivity contribution >= 4 is 11.8 Å². The summed E-state index contributed by atoms with van der Waals surface area (Å²) < 4.78 is 26.0. The lowest BCUT2D eigenvalue weighted by Gasteiger charge is -1.98. The largest absolute Gasteiger partial charge is 0.512 e. The number of carbonyl (C=O) groups is 1. The fourth-order valence-electron chi connectivity index (χ4n) is 1.20. The first kappa shape index (κ1) is 8.08. The van der Waals surface area contributed by atoms with Gasteiger partial charge in [-0.1, -0.05) is 13.3 Å². The molecule has 88 valence electrons. The van der Waals surface area contributed by atoms with Crippen molar-refractivity contribution in [3.63, 3.8) is 0 Å². The highest BCUT2D eigenvalue weighted by Crippen LogP contribution is 2.31. The Balaban J connectivity index is 3.50. The first-order chi connectivity index (χ1) is 8.68. The van der Waals surface area contributed by atoms with Crippen molar-refractivity contribution in [3.05, 3.63) is 15.8 Å². The molecule has 1 aromatic heterocycles. The highest BCUT2D eigenvalue weighted by atomic mass is 16.7. The number of hydrogen-bond donors (Lipinski definition) is 1. The molecular weight excluding hydrogens is 218 g/mol. The van der Waals surface area contributed by atoms with Gasteiger partial charge in [-0.2, -0.15) is 5.10 Å². The lowest BCUT2D eigenvalue weighted by Crippen LogP contribution is -2.08. The summed E-state index contributed by atoms with van der Waals surface area (Å²) >= 11 is 0. The highest BCUT2D eigenvalue weighted by Gasteiger charge is 2.29. The van der Waals surface area contributed by atoms with Gasteiger partial charge in [0, 0.05) is 11.1 Å². The van der Waals surface area contributed by atoms with Gasteiger partial charge in [0.05, 0.1) is 4.92 Å². The smallest absolute Gasteiger partial charge is 0.449 e. The minimum atomic E-state index is -2.87. The van der Waals surface area contributed by atoms with Crippen molar-refractivity contribution < 1.29 is 23.7 Å². The molecule has 0 fully saturated rings. The predicted octanol–water partition coefficient (Wildman–Crippen LogP) is 1.34. The van der Waals surface area contributed by atoms with Gasteiger partial charge in [0.1, 0.15) is 5.69 Å². The Kier molecular flexibility index (Phi) is 2.32. The molecule has 0 aliphatic carbocycles. The van der Waals surface area contributed by atoms with E-state index in [1.165, 1.54) is 0 Å². The maximum absolute atomic E-state index is 10.9. The molecule has 0 amide bonds. The first-order valence-corrected chi connectivity index (χ1v) is 4.36. The molecule has 8 nitrogen and oxygen atoms in total. The Morgan fingerprint density at radius 3 is 2.94 bits per heavy atom. The summed E-state index contributed by atoms with van der Waals surface area (Å²) in [5.41, 5.74) is -0.861. The molecule has 16 heavy (non-hydrogen) atoms. The quantitative estimate of drug-likeness (QED) is 0.476. The molecule has 0 aliphatic heterocycles. The lowest BCUT2D eigenvalue weighted by atomic mass is 10.2. The zero-order valence-corrected chi connectivity index (χ0v) is 8.34. The van der Waals surface area contributed by atoms with Crippen molar-refractivity contribution in [2.75, 3.05) is 0 Å². The van der Waals surface area contributed by atoms with Gasteiger partial charge in [-0.15, -0.1) is 0 Å². The molecule has 0 spiro atoms. The SMILES string of the molecule is [2H]C([2H])([2H])n1nc(CCC)c([N+](=O)[O-])c1OC(=O)O. The molecule has 1 aromatic rings. The summed E-state index contributed by atoms with van der Waals surface area (Å²) in [5, 5.41) is 23.0. The van der Waals surface area contributed by atoms with Crippen LogP contribution < -0.4 is 4.74 Å². The summed E-state index contributed by atoms with van der Waals surface area (Å²) in [6.45, 7) is -1.16. The molecule has 0 bridgehead atoms. The monoisotopic (exact) mass is 232 g/mol. The van der Waals surface area contributed by atoms with Crippen LogP contribution in [-0.4, -0.2) is 26.0 Å². The second-order valence-electron chi connectivity index (χ2n) is 2.89. The minimum absolute atomic E-state index is 0.125. The van der Waals surface area contributed by atoms with Crippen LogP contribution in [0.4, 0.5) is 10.5 Å². The second-order valence-corrected chi connectivity index (χ2v) is 2.89. The third-order valence-corrected chi connectivity index (χ3v) is 1.74. The van der Waals surface area contributed by atoms with Crippen LogP contribution in [0.2, 0.25) is 0 Å². The van der Waals surface area contributed by atoms with Crippen LogP contribution in [0, 0.1) is 10.1 Å². The van der Waals surface area contributed by atoms with Crippen LogP contribution in [0.1, 0.15) is 23.2 Å². The van der Waals surface area contributed by atoms with E-state index in [2.05, 4.69) is 9.84 Å². The van der Waals surface area contributed by atoms with E-state index in [9.17, 15) is 14.9 Å². The van der Waals surface area contributed by atoms with E-state index >= 15 is 0 Å². The normalized spacial score (nSPS) is 13.7. The maximum Gasteiger partial charge on any atom is 0.512 e. The Hall–Kier alpha value is -2.12. The van der Waals surface area contributed by atoms with Crippen molar-refractivity contribution in [3.8, 4) is 5.88 Å². The van der Waals surface area contributed by atoms with Gasteiger partial charge >= 0.3 is 17.7 Å². The number of aryl methyl sites for hydroxylation is 2. The summed E-state index contributed by atoms with van der Waals surface area (Å²) in [4.78, 5) is 20.6. The summed E-state index contributed by atoms with van der Waals surface area (Å²) in [7, 11) is 0. The molecular formula is C8H11N3O5. The standard InChI is InChI=1S/C8H11N3O5/c1-3-4-5-6(11(14)15)7(10(2)9-5)16-8(12)13/h3-4H2,1-2H3,(H,12,13)/i2D3.